The number of cyclic esters (lactones) is 1. The van der Waals surface area contributed by atoms with Crippen molar-refractivity contribution >= 4 is 29.2 Å². The molecule has 0 aliphatic carbocycles. The molecule has 0 atom stereocenters. The highest BCUT2D eigenvalue weighted by molar-refractivity contribution is 7.12. The highest BCUT2D eigenvalue weighted by Gasteiger charge is 2.31. The van der Waals surface area contributed by atoms with E-state index in [1.54, 1.807) is 21.9 Å². The molecule has 1 N–H and O–H groups in total. The molecule has 3 heterocycles. The summed E-state index contributed by atoms with van der Waals surface area (Å²) in [5, 5.41) is 4.49. The molecule has 2 aliphatic rings. The Morgan fingerprint density at radius 1 is 1.29 bits per heavy atom. The lowest BCUT2D eigenvalue weighted by molar-refractivity contribution is -0.131. The van der Waals surface area contributed by atoms with Gasteiger partial charge in [0, 0.05) is 25.7 Å². The van der Waals surface area contributed by atoms with Crippen LogP contribution in [0.25, 0.3) is 0 Å². The first kappa shape index (κ1) is 16.8. The molecule has 130 valence electrons. The van der Waals surface area contributed by atoms with Gasteiger partial charge in [-0.1, -0.05) is 6.07 Å². The number of carbonyl (C=O) groups excluding carboxylic acids is 3. The number of piperidine rings is 1. The van der Waals surface area contributed by atoms with Crippen LogP contribution in [-0.2, 0) is 9.53 Å². The van der Waals surface area contributed by atoms with Gasteiger partial charge in [0.1, 0.15) is 0 Å². The van der Waals surface area contributed by atoms with E-state index >= 15 is 0 Å². The fourth-order valence-electron chi connectivity index (χ4n) is 3.09. The van der Waals surface area contributed by atoms with Crippen LogP contribution in [0.5, 0.6) is 0 Å². The minimum Gasteiger partial charge on any atom is -0.449 e. The topological polar surface area (TPSA) is 79.0 Å². The summed E-state index contributed by atoms with van der Waals surface area (Å²) in [4.78, 5) is 40.0. The van der Waals surface area contributed by atoms with Gasteiger partial charge < -0.3 is 19.9 Å². The van der Waals surface area contributed by atoms with Crippen molar-refractivity contribution in [2.45, 2.75) is 25.3 Å². The zero-order chi connectivity index (χ0) is 16.9. The van der Waals surface area contributed by atoms with Crippen LogP contribution in [0, 0.1) is 0 Å². The van der Waals surface area contributed by atoms with Crippen LogP contribution in [0.15, 0.2) is 17.5 Å². The number of hydrogen-bond donors (Lipinski definition) is 1. The standard InChI is InChI=1S/C16H21N3O4S/c20-14(11-17-15(21)13-3-1-10-24-13)18-7-4-12(5-8-18)19-6-2-9-23-16(19)22/h1,3,10,12H,2,4-9,11H2,(H,17,21). The summed E-state index contributed by atoms with van der Waals surface area (Å²) >= 11 is 1.35. The zero-order valence-electron chi connectivity index (χ0n) is 13.4. The monoisotopic (exact) mass is 351 g/mol. The Labute approximate surface area is 144 Å². The van der Waals surface area contributed by atoms with Crippen LogP contribution in [0.3, 0.4) is 0 Å². The molecule has 1 aromatic heterocycles. The van der Waals surface area contributed by atoms with E-state index in [1.807, 2.05) is 5.38 Å². The summed E-state index contributed by atoms with van der Waals surface area (Å²) < 4.78 is 5.08. The predicted molar refractivity (Wildman–Crippen MR) is 88.9 cm³/mol. The number of hydrogen-bond acceptors (Lipinski definition) is 5. The average molecular weight is 351 g/mol. The third-order valence-electron chi connectivity index (χ3n) is 4.41. The number of thiophene rings is 1. The quantitative estimate of drug-likeness (QED) is 0.887. The zero-order valence-corrected chi connectivity index (χ0v) is 14.2. The van der Waals surface area contributed by atoms with Crippen molar-refractivity contribution in [3.63, 3.8) is 0 Å². The lowest BCUT2D eigenvalue weighted by atomic mass is 10.0. The fraction of sp³-hybridized carbons (Fsp3) is 0.562. The smallest absolute Gasteiger partial charge is 0.410 e. The van der Waals surface area contributed by atoms with Crippen LogP contribution in [0.1, 0.15) is 28.9 Å². The molecule has 1 aromatic rings. The van der Waals surface area contributed by atoms with E-state index in [1.165, 1.54) is 11.3 Å². The number of likely N-dealkylation sites (tertiary alicyclic amines) is 1. The van der Waals surface area contributed by atoms with Crippen molar-refractivity contribution < 1.29 is 19.1 Å². The van der Waals surface area contributed by atoms with Gasteiger partial charge in [0.25, 0.3) is 5.91 Å². The Bertz CT molecular complexity index is 596. The molecule has 2 fully saturated rings. The molecular formula is C16H21N3O4S. The summed E-state index contributed by atoms with van der Waals surface area (Å²) in [6.07, 6.45) is 2.12. The van der Waals surface area contributed by atoms with Gasteiger partial charge in [0.05, 0.1) is 18.0 Å². The van der Waals surface area contributed by atoms with E-state index in [0.717, 1.165) is 25.8 Å². The summed E-state index contributed by atoms with van der Waals surface area (Å²) in [7, 11) is 0. The third kappa shape index (κ3) is 3.87. The maximum atomic E-state index is 12.2. The molecule has 0 spiro atoms. The first-order valence-corrected chi connectivity index (χ1v) is 9.06. The van der Waals surface area contributed by atoms with Gasteiger partial charge in [-0.2, -0.15) is 0 Å². The van der Waals surface area contributed by atoms with Gasteiger partial charge in [-0.25, -0.2) is 4.79 Å². The Morgan fingerprint density at radius 3 is 2.75 bits per heavy atom. The van der Waals surface area contributed by atoms with Gasteiger partial charge in [-0.3, -0.25) is 9.59 Å². The van der Waals surface area contributed by atoms with Crippen LogP contribution >= 0.6 is 11.3 Å². The second kappa shape index (κ2) is 7.65. The molecule has 2 saturated heterocycles. The Hall–Kier alpha value is -2.09. The average Bonchev–Trinajstić information content (AvgIpc) is 3.15. The van der Waals surface area contributed by atoms with Gasteiger partial charge in [0.2, 0.25) is 5.91 Å². The molecule has 0 aromatic carbocycles. The van der Waals surface area contributed by atoms with E-state index in [4.69, 9.17) is 4.74 Å². The maximum absolute atomic E-state index is 12.2. The first-order valence-electron chi connectivity index (χ1n) is 8.18. The minimum absolute atomic E-state index is 0.00710. The van der Waals surface area contributed by atoms with Crippen molar-refractivity contribution in [2.24, 2.45) is 0 Å². The normalized spacial score (nSPS) is 19.1. The Balaban J connectivity index is 1.43. The van der Waals surface area contributed by atoms with Gasteiger partial charge in [-0.15, -0.1) is 11.3 Å². The number of carbonyl (C=O) groups is 3. The molecule has 3 rings (SSSR count). The number of nitrogens with one attached hydrogen (secondary N) is 1. The summed E-state index contributed by atoms with van der Waals surface area (Å²) in [5.74, 6) is -0.302. The summed E-state index contributed by atoms with van der Waals surface area (Å²) in [5.41, 5.74) is 0. The Morgan fingerprint density at radius 2 is 2.08 bits per heavy atom. The number of amides is 3. The van der Waals surface area contributed by atoms with Gasteiger partial charge >= 0.3 is 6.09 Å². The van der Waals surface area contributed by atoms with Gasteiger partial charge in [0.15, 0.2) is 0 Å². The molecule has 0 radical (unpaired) electrons. The number of rotatable bonds is 4. The number of nitrogens with zero attached hydrogens (tertiary/aromatic N) is 2. The molecule has 0 unspecified atom stereocenters. The second-order valence-electron chi connectivity index (χ2n) is 5.93. The van der Waals surface area contributed by atoms with Crippen LogP contribution in [0.2, 0.25) is 0 Å². The van der Waals surface area contributed by atoms with Crippen molar-refractivity contribution in [2.75, 3.05) is 32.8 Å². The summed E-state index contributed by atoms with van der Waals surface area (Å²) in [6, 6.07) is 3.67. The largest absolute Gasteiger partial charge is 0.449 e. The highest BCUT2D eigenvalue weighted by atomic mass is 32.1. The van der Waals surface area contributed by atoms with Crippen LogP contribution < -0.4 is 5.32 Å². The van der Waals surface area contributed by atoms with Crippen molar-refractivity contribution in [1.29, 1.82) is 0 Å². The summed E-state index contributed by atoms with van der Waals surface area (Å²) in [6.45, 7) is 2.43. The van der Waals surface area contributed by atoms with E-state index < -0.39 is 0 Å². The molecule has 7 nitrogen and oxygen atoms in total. The van der Waals surface area contributed by atoms with E-state index in [2.05, 4.69) is 5.32 Å². The van der Waals surface area contributed by atoms with Crippen molar-refractivity contribution in [3.8, 4) is 0 Å². The maximum Gasteiger partial charge on any atom is 0.410 e. The van der Waals surface area contributed by atoms with Crippen LogP contribution in [0.4, 0.5) is 4.79 Å². The third-order valence-corrected chi connectivity index (χ3v) is 5.28. The SMILES string of the molecule is O=C(NCC(=O)N1CCC(N2CCCOC2=O)CC1)c1cccs1. The molecule has 24 heavy (non-hydrogen) atoms. The lowest BCUT2D eigenvalue weighted by Crippen LogP contribution is -2.52. The fourth-order valence-corrected chi connectivity index (χ4v) is 3.73. The predicted octanol–water partition coefficient (Wildman–Crippen LogP) is 1.31. The second-order valence-corrected chi connectivity index (χ2v) is 6.88. The number of ether oxygens (including phenoxy) is 1. The highest BCUT2D eigenvalue weighted by Crippen LogP contribution is 2.20. The molecule has 3 amide bonds. The van der Waals surface area contributed by atoms with Crippen molar-refractivity contribution in [3.05, 3.63) is 22.4 Å². The molecule has 0 saturated carbocycles. The van der Waals surface area contributed by atoms with Crippen LogP contribution in [-0.4, -0.2) is 66.5 Å². The van der Waals surface area contributed by atoms with E-state index in [0.29, 0.717) is 24.6 Å². The minimum atomic E-state index is -0.241. The van der Waals surface area contributed by atoms with Crippen molar-refractivity contribution in [1.82, 2.24) is 15.1 Å². The Kier molecular flexibility index (Phi) is 5.34. The lowest BCUT2D eigenvalue weighted by Gasteiger charge is -2.39. The molecule has 2 aliphatic heterocycles. The van der Waals surface area contributed by atoms with E-state index in [9.17, 15) is 14.4 Å². The molecule has 0 bridgehead atoms. The van der Waals surface area contributed by atoms with E-state index in [-0.39, 0.29) is 30.5 Å². The van der Waals surface area contributed by atoms with Gasteiger partial charge in [-0.05, 0) is 30.7 Å². The molecular weight excluding hydrogens is 330 g/mol. The molecule has 8 heteroatoms. The first-order chi connectivity index (χ1) is 11.6.